The highest BCUT2D eigenvalue weighted by Gasteiger charge is 2.24. The summed E-state index contributed by atoms with van der Waals surface area (Å²) in [5.74, 6) is 0.821. The number of aliphatic carboxylic acids is 1. The predicted molar refractivity (Wildman–Crippen MR) is 82.2 cm³/mol. The van der Waals surface area contributed by atoms with Gasteiger partial charge in [-0.1, -0.05) is 26.7 Å². The van der Waals surface area contributed by atoms with E-state index in [9.17, 15) is 9.59 Å². The summed E-state index contributed by atoms with van der Waals surface area (Å²) in [5.41, 5.74) is -0.629. The number of alkyl carbamates (subject to hydrolysis) is 1. The number of hydrogen-bond acceptors (Lipinski definition) is 4. The van der Waals surface area contributed by atoms with Gasteiger partial charge in [-0.15, -0.1) is 0 Å². The smallest absolute Gasteiger partial charge is 0.408 e. The molecule has 6 heteroatoms. The molecule has 0 fully saturated rings. The molecule has 0 aliphatic heterocycles. The first-order valence-corrected chi connectivity index (χ1v) is 8.15. The molecule has 0 aromatic heterocycles. The van der Waals surface area contributed by atoms with Crippen molar-refractivity contribution in [2.75, 3.05) is 11.5 Å². The SMILES string of the molecule is CCC(CC)CSCC(NC(=O)OC(C)(C)C)C(=O)O. The normalized spacial score (nSPS) is 13.1. The molecule has 0 heterocycles. The van der Waals surface area contributed by atoms with Gasteiger partial charge in [0.15, 0.2) is 0 Å². The Morgan fingerprint density at radius 1 is 1.20 bits per heavy atom. The number of nitrogens with one attached hydrogen (secondary N) is 1. The molecular weight excluding hydrogens is 278 g/mol. The minimum atomic E-state index is -1.03. The summed E-state index contributed by atoms with van der Waals surface area (Å²) >= 11 is 1.56. The average Bonchev–Trinajstić information content (AvgIpc) is 2.30. The second kappa shape index (κ2) is 9.10. The lowest BCUT2D eigenvalue weighted by atomic mass is 10.1. The van der Waals surface area contributed by atoms with E-state index in [1.807, 2.05) is 0 Å². The molecule has 0 saturated heterocycles. The molecule has 0 bridgehead atoms. The summed E-state index contributed by atoms with van der Waals surface area (Å²) in [6.07, 6.45) is 1.48. The molecule has 0 spiro atoms. The van der Waals surface area contributed by atoms with E-state index < -0.39 is 23.7 Å². The van der Waals surface area contributed by atoms with E-state index in [-0.39, 0.29) is 0 Å². The molecule has 118 valence electrons. The third kappa shape index (κ3) is 9.07. The lowest BCUT2D eigenvalue weighted by Crippen LogP contribution is -2.45. The zero-order valence-corrected chi connectivity index (χ0v) is 13.9. The molecule has 0 radical (unpaired) electrons. The fourth-order valence-electron chi connectivity index (χ4n) is 1.50. The molecule has 0 aliphatic carbocycles. The van der Waals surface area contributed by atoms with E-state index in [1.54, 1.807) is 32.5 Å². The van der Waals surface area contributed by atoms with Crippen LogP contribution in [0.25, 0.3) is 0 Å². The number of carbonyl (C=O) groups excluding carboxylic acids is 1. The average molecular weight is 305 g/mol. The van der Waals surface area contributed by atoms with Crippen molar-refractivity contribution in [1.82, 2.24) is 5.32 Å². The first kappa shape index (κ1) is 19.1. The number of amides is 1. The minimum Gasteiger partial charge on any atom is -0.480 e. The van der Waals surface area contributed by atoms with E-state index in [0.717, 1.165) is 18.6 Å². The van der Waals surface area contributed by atoms with Crippen LogP contribution in [0.4, 0.5) is 4.79 Å². The third-order valence-corrected chi connectivity index (χ3v) is 4.06. The molecule has 0 saturated carbocycles. The fourth-order valence-corrected chi connectivity index (χ4v) is 2.90. The zero-order chi connectivity index (χ0) is 15.8. The number of hydrogen-bond donors (Lipinski definition) is 2. The van der Waals surface area contributed by atoms with Gasteiger partial charge in [0.2, 0.25) is 0 Å². The van der Waals surface area contributed by atoms with Crippen molar-refractivity contribution in [2.24, 2.45) is 5.92 Å². The van der Waals surface area contributed by atoms with Crippen molar-refractivity contribution in [3.8, 4) is 0 Å². The summed E-state index contributed by atoms with van der Waals surface area (Å²) < 4.78 is 5.07. The second-order valence-corrected chi connectivity index (χ2v) is 6.83. The molecule has 1 atom stereocenters. The van der Waals surface area contributed by atoms with Crippen molar-refractivity contribution >= 4 is 23.8 Å². The number of carboxylic acid groups (broad SMARTS) is 1. The summed E-state index contributed by atoms with van der Waals surface area (Å²) in [7, 11) is 0. The minimum absolute atomic E-state index is 0.352. The van der Waals surface area contributed by atoms with Gasteiger partial charge in [-0.25, -0.2) is 9.59 Å². The monoisotopic (exact) mass is 305 g/mol. The number of carboxylic acids is 1. The Bertz CT molecular complexity index is 311. The van der Waals surface area contributed by atoms with Crippen molar-refractivity contribution in [1.29, 1.82) is 0 Å². The quantitative estimate of drug-likeness (QED) is 0.720. The molecular formula is C14H27NO4S. The molecule has 2 N–H and O–H groups in total. The van der Waals surface area contributed by atoms with E-state index in [0.29, 0.717) is 11.7 Å². The Labute approximate surface area is 125 Å². The van der Waals surface area contributed by atoms with Crippen molar-refractivity contribution in [3.63, 3.8) is 0 Å². The van der Waals surface area contributed by atoms with Crippen LogP contribution in [0.1, 0.15) is 47.5 Å². The van der Waals surface area contributed by atoms with Crippen LogP contribution >= 0.6 is 11.8 Å². The Balaban J connectivity index is 4.24. The molecule has 0 aromatic rings. The molecule has 1 amide bonds. The number of carbonyl (C=O) groups is 2. The van der Waals surface area contributed by atoms with Crippen molar-refractivity contribution < 1.29 is 19.4 Å². The summed E-state index contributed by atoms with van der Waals surface area (Å²) in [6.45, 7) is 9.48. The first-order chi connectivity index (χ1) is 9.19. The van der Waals surface area contributed by atoms with Gasteiger partial charge in [-0.05, 0) is 32.4 Å². The van der Waals surface area contributed by atoms with Crippen molar-refractivity contribution in [3.05, 3.63) is 0 Å². The standard InChI is InChI=1S/C14H27NO4S/c1-6-10(7-2)8-20-9-11(12(16)17)15-13(18)19-14(3,4)5/h10-11H,6-9H2,1-5H3,(H,15,18)(H,16,17). The Hall–Kier alpha value is -0.910. The van der Waals surface area contributed by atoms with Crippen molar-refractivity contribution in [2.45, 2.75) is 59.1 Å². The van der Waals surface area contributed by atoms with Gasteiger partial charge >= 0.3 is 12.1 Å². The van der Waals surface area contributed by atoms with Gasteiger partial charge in [0, 0.05) is 5.75 Å². The van der Waals surface area contributed by atoms with Gasteiger partial charge in [0.1, 0.15) is 11.6 Å². The third-order valence-electron chi connectivity index (χ3n) is 2.78. The summed E-state index contributed by atoms with van der Waals surface area (Å²) in [5, 5.41) is 11.5. The van der Waals surface area contributed by atoms with Crippen LogP contribution in [0.2, 0.25) is 0 Å². The zero-order valence-electron chi connectivity index (χ0n) is 13.1. The van der Waals surface area contributed by atoms with Gasteiger partial charge in [0.05, 0.1) is 0 Å². The van der Waals surface area contributed by atoms with Crippen LogP contribution in [0.15, 0.2) is 0 Å². The van der Waals surface area contributed by atoms with E-state index >= 15 is 0 Å². The Kier molecular flexibility index (Phi) is 8.69. The summed E-state index contributed by atoms with van der Waals surface area (Å²) in [6, 6.07) is -0.913. The van der Waals surface area contributed by atoms with Gasteiger partial charge in [-0.3, -0.25) is 0 Å². The number of thioether (sulfide) groups is 1. The maximum absolute atomic E-state index is 11.6. The van der Waals surface area contributed by atoms with Crippen LogP contribution in [0.5, 0.6) is 0 Å². The topological polar surface area (TPSA) is 75.6 Å². The van der Waals surface area contributed by atoms with Crippen LogP contribution in [0, 0.1) is 5.92 Å². The van der Waals surface area contributed by atoms with Crippen LogP contribution in [0.3, 0.4) is 0 Å². The summed E-state index contributed by atoms with van der Waals surface area (Å²) in [4.78, 5) is 22.7. The molecule has 0 aliphatic rings. The lowest BCUT2D eigenvalue weighted by Gasteiger charge is -2.22. The highest BCUT2D eigenvalue weighted by atomic mass is 32.2. The maximum Gasteiger partial charge on any atom is 0.408 e. The van der Waals surface area contributed by atoms with E-state index in [1.165, 1.54) is 0 Å². The Morgan fingerprint density at radius 3 is 2.15 bits per heavy atom. The lowest BCUT2D eigenvalue weighted by molar-refractivity contribution is -0.138. The van der Waals surface area contributed by atoms with Gasteiger partial charge < -0.3 is 15.2 Å². The van der Waals surface area contributed by atoms with Gasteiger partial charge in [-0.2, -0.15) is 11.8 Å². The highest BCUT2D eigenvalue weighted by molar-refractivity contribution is 7.99. The molecule has 0 rings (SSSR count). The maximum atomic E-state index is 11.6. The van der Waals surface area contributed by atoms with Crippen LogP contribution in [-0.4, -0.2) is 40.3 Å². The van der Waals surface area contributed by atoms with E-state index in [4.69, 9.17) is 9.84 Å². The van der Waals surface area contributed by atoms with Crippen LogP contribution < -0.4 is 5.32 Å². The molecule has 5 nitrogen and oxygen atoms in total. The molecule has 0 aromatic carbocycles. The predicted octanol–water partition coefficient (Wildman–Crippen LogP) is 3.13. The number of rotatable bonds is 8. The first-order valence-electron chi connectivity index (χ1n) is 6.99. The van der Waals surface area contributed by atoms with E-state index in [2.05, 4.69) is 19.2 Å². The molecule has 1 unspecified atom stereocenters. The number of ether oxygens (including phenoxy) is 1. The van der Waals surface area contributed by atoms with Gasteiger partial charge in [0.25, 0.3) is 0 Å². The largest absolute Gasteiger partial charge is 0.480 e. The second-order valence-electron chi connectivity index (χ2n) is 5.76. The van der Waals surface area contributed by atoms with Crippen LogP contribution in [-0.2, 0) is 9.53 Å². The Morgan fingerprint density at radius 2 is 1.75 bits per heavy atom. The molecule has 20 heavy (non-hydrogen) atoms. The highest BCUT2D eigenvalue weighted by Crippen LogP contribution is 2.16. The fraction of sp³-hybridized carbons (Fsp3) is 0.857.